The van der Waals surface area contributed by atoms with Gasteiger partial charge in [0, 0.05) is 6.92 Å². The number of ether oxygens (including phenoxy) is 2. The van der Waals surface area contributed by atoms with E-state index >= 15 is 0 Å². The maximum Gasteiger partial charge on any atom is 0.306 e. The van der Waals surface area contributed by atoms with Crippen molar-refractivity contribution in [2.45, 2.75) is 33.6 Å². The average molecular weight is 234 g/mol. The lowest BCUT2D eigenvalue weighted by atomic mass is 10.3. The van der Waals surface area contributed by atoms with Crippen LogP contribution in [-0.4, -0.2) is 36.2 Å². The smallest absolute Gasteiger partial charge is 0.306 e. The molecule has 0 aliphatic rings. The van der Waals surface area contributed by atoms with Crippen molar-refractivity contribution < 1.29 is 29.0 Å². The van der Waals surface area contributed by atoms with Gasteiger partial charge in [0.25, 0.3) is 0 Å². The first-order valence-corrected chi connectivity index (χ1v) is 4.94. The Morgan fingerprint density at radius 2 is 1.50 bits per heavy atom. The molecule has 0 spiro atoms. The zero-order valence-electron chi connectivity index (χ0n) is 9.82. The van der Waals surface area contributed by atoms with Crippen LogP contribution in [-0.2, 0) is 23.9 Å². The zero-order chi connectivity index (χ0) is 13.0. The van der Waals surface area contributed by atoms with E-state index in [1.165, 1.54) is 6.92 Å². The Morgan fingerprint density at radius 1 is 1.00 bits per heavy atom. The van der Waals surface area contributed by atoms with Gasteiger partial charge in [0.15, 0.2) is 0 Å². The Balaban J connectivity index is 0. The highest BCUT2D eigenvalue weighted by molar-refractivity contribution is 5.76. The number of hydrogen-bond acceptors (Lipinski definition) is 5. The van der Waals surface area contributed by atoms with Gasteiger partial charge in [-0.25, -0.2) is 0 Å². The number of esters is 2. The fourth-order valence-electron chi connectivity index (χ4n) is 0.645. The van der Waals surface area contributed by atoms with Gasteiger partial charge in [-0.05, 0) is 13.8 Å². The van der Waals surface area contributed by atoms with E-state index in [9.17, 15) is 14.4 Å². The summed E-state index contributed by atoms with van der Waals surface area (Å²) >= 11 is 0. The molecular formula is C10H18O6. The maximum absolute atomic E-state index is 10.5. The van der Waals surface area contributed by atoms with E-state index in [1.54, 1.807) is 13.8 Å². The molecule has 0 unspecified atom stereocenters. The number of carboxylic acid groups (broad SMARTS) is 1. The number of hydrogen-bond donors (Lipinski definition) is 1. The van der Waals surface area contributed by atoms with E-state index in [4.69, 9.17) is 5.11 Å². The Labute approximate surface area is 94.5 Å². The molecule has 0 amide bonds. The summed E-state index contributed by atoms with van der Waals surface area (Å²) in [6, 6.07) is 0. The lowest BCUT2D eigenvalue weighted by Gasteiger charge is -1.97. The predicted octanol–water partition coefficient (Wildman–Crippen LogP) is 0.984. The third-order valence-electron chi connectivity index (χ3n) is 1.20. The Hall–Kier alpha value is -1.59. The van der Waals surface area contributed by atoms with E-state index in [-0.39, 0.29) is 18.8 Å². The van der Waals surface area contributed by atoms with Gasteiger partial charge in [-0.15, -0.1) is 0 Å². The molecule has 16 heavy (non-hydrogen) atoms. The Kier molecular flexibility index (Phi) is 12.1. The van der Waals surface area contributed by atoms with Gasteiger partial charge in [0.2, 0.25) is 0 Å². The molecule has 0 radical (unpaired) electrons. The minimum Gasteiger partial charge on any atom is -0.481 e. The van der Waals surface area contributed by atoms with E-state index < -0.39 is 11.9 Å². The van der Waals surface area contributed by atoms with Crippen molar-refractivity contribution in [2.24, 2.45) is 0 Å². The van der Waals surface area contributed by atoms with Crippen LogP contribution in [0.5, 0.6) is 0 Å². The summed E-state index contributed by atoms with van der Waals surface area (Å²) in [6.07, 6.45) is -0.192. The van der Waals surface area contributed by atoms with E-state index in [0.29, 0.717) is 13.2 Å². The highest BCUT2D eigenvalue weighted by atomic mass is 16.5. The lowest BCUT2D eigenvalue weighted by molar-refractivity contribution is -0.147. The van der Waals surface area contributed by atoms with Crippen molar-refractivity contribution in [3.63, 3.8) is 0 Å². The van der Waals surface area contributed by atoms with Crippen molar-refractivity contribution in [3.8, 4) is 0 Å². The molecule has 0 saturated heterocycles. The molecule has 0 aromatic heterocycles. The van der Waals surface area contributed by atoms with Gasteiger partial charge in [-0.2, -0.15) is 0 Å². The molecule has 6 nitrogen and oxygen atoms in total. The minimum absolute atomic E-state index is 0.0385. The second kappa shape index (κ2) is 11.5. The van der Waals surface area contributed by atoms with Gasteiger partial charge >= 0.3 is 17.9 Å². The fourth-order valence-corrected chi connectivity index (χ4v) is 0.645. The Morgan fingerprint density at radius 3 is 1.75 bits per heavy atom. The largest absolute Gasteiger partial charge is 0.481 e. The number of aliphatic carboxylic acids is 1. The second-order valence-corrected chi connectivity index (χ2v) is 2.62. The molecule has 0 bridgehead atoms. The summed E-state index contributed by atoms with van der Waals surface area (Å²) in [5.41, 5.74) is 0. The average Bonchev–Trinajstić information content (AvgIpc) is 2.16. The SMILES string of the molecule is CCOC(=O)CCC(=O)O.CCOC(C)=O. The highest BCUT2D eigenvalue weighted by Crippen LogP contribution is 1.91. The summed E-state index contributed by atoms with van der Waals surface area (Å²) < 4.78 is 8.89. The molecule has 0 aliphatic carbocycles. The third-order valence-corrected chi connectivity index (χ3v) is 1.20. The number of carbonyl (C=O) groups is 3. The van der Waals surface area contributed by atoms with Crippen LogP contribution in [0.15, 0.2) is 0 Å². The maximum atomic E-state index is 10.5. The standard InChI is InChI=1S/C6H10O4.C4H8O2/c1-2-10-6(9)4-3-5(7)8;1-3-6-4(2)5/h2-4H2,1H3,(H,7,8);3H2,1-2H3. The van der Waals surface area contributed by atoms with Crippen LogP contribution in [0.3, 0.4) is 0 Å². The summed E-state index contributed by atoms with van der Waals surface area (Å²) in [7, 11) is 0. The third kappa shape index (κ3) is 18.2. The summed E-state index contributed by atoms with van der Waals surface area (Å²) in [6.45, 7) is 5.64. The van der Waals surface area contributed by atoms with Crippen LogP contribution in [0.4, 0.5) is 0 Å². The minimum atomic E-state index is -0.979. The van der Waals surface area contributed by atoms with Crippen LogP contribution in [0.1, 0.15) is 33.6 Å². The van der Waals surface area contributed by atoms with Crippen LogP contribution < -0.4 is 0 Å². The molecule has 6 heteroatoms. The second-order valence-electron chi connectivity index (χ2n) is 2.62. The topological polar surface area (TPSA) is 89.9 Å². The molecule has 0 rings (SSSR count). The van der Waals surface area contributed by atoms with Crippen LogP contribution in [0.2, 0.25) is 0 Å². The molecule has 0 aromatic rings. The van der Waals surface area contributed by atoms with Crippen molar-refractivity contribution in [2.75, 3.05) is 13.2 Å². The van der Waals surface area contributed by atoms with Gasteiger partial charge in [0.05, 0.1) is 26.1 Å². The molecular weight excluding hydrogens is 216 g/mol. The predicted molar refractivity (Wildman–Crippen MR) is 55.8 cm³/mol. The first-order chi connectivity index (χ1) is 7.43. The fraction of sp³-hybridized carbons (Fsp3) is 0.700. The van der Waals surface area contributed by atoms with Crippen LogP contribution in [0, 0.1) is 0 Å². The van der Waals surface area contributed by atoms with E-state index in [1.807, 2.05) is 0 Å². The summed E-state index contributed by atoms with van der Waals surface area (Å²) in [5, 5.41) is 8.12. The molecule has 1 N–H and O–H groups in total. The number of carbonyl (C=O) groups excluding carboxylic acids is 2. The zero-order valence-corrected chi connectivity index (χ0v) is 9.82. The van der Waals surface area contributed by atoms with Crippen LogP contribution >= 0.6 is 0 Å². The van der Waals surface area contributed by atoms with E-state index in [2.05, 4.69) is 9.47 Å². The quantitative estimate of drug-likeness (QED) is 0.713. The van der Waals surface area contributed by atoms with Crippen molar-refractivity contribution in [3.05, 3.63) is 0 Å². The molecule has 0 aliphatic heterocycles. The molecule has 0 heterocycles. The molecule has 0 fully saturated rings. The van der Waals surface area contributed by atoms with E-state index in [0.717, 1.165) is 0 Å². The van der Waals surface area contributed by atoms with Gasteiger partial charge < -0.3 is 14.6 Å². The number of carboxylic acids is 1. The normalized spacial score (nSPS) is 8.44. The number of rotatable bonds is 5. The molecule has 0 aromatic carbocycles. The summed E-state index contributed by atoms with van der Waals surface area (Å²) in [4.78, 5) is 30.2. The monoisotopic (exact) mass is 234 g/mol. The highest BCUT2D eigenvalue weighted by Gasteiger charge is 2.04. The Bertz CT molecular complexity index is 223. The first-order valence-electron chi connectivity index (χ1n) is 4.94. The van der Waals surface area contributed by atoms with Crippen molar-refractivity contribution >= 4 is 17.9 Å². The molecule has 0 atom stereocenters. The van der Waals surface area contributed by atoms with Crippen LogP contribution in [0.25, 0.3) is 0 Å². The summed E-state index contributed by atoms with van der Waals surface area (Å²) in [5.74, 6) is -1.64. The lowest BCUT2D eigenvalue weighted by Crippen LogP contribution is -2.06. The van der Waals surface area contributed by atoms with Gasteiger partial charge in [0.1, 0.15) is 0 Å². The first kappa shape index (κ1) is 16.8. The molecule has 94 valence electrons. The van der Waals surface area contributed by atoms with Gasteiger partial charge in [-0.1, -0.05) is 0 Å². The van der Waals surface area contributed by atoms with Crippen molar-refractivity contribution in [1.29, 1.82) is 0 Å². The van der Waals surface area contributed by atoms with Crippen molar-refractivity contribution in [1.82, 2.24) is 0 Å². The van der Waals surface area contributed by atoms with Gasteiger partial charge in [-0.3, -0.25) is 14.4 Å². The molecule has 0 saturated carbocycles.